The Hall–Kier alpha value is -1.51. The van der Waals surface area contributed by atoms with E-state index in [1.807, 2.05) is 31.2 Å². The first-order chi connectivity index (χ1) is 9.06. The second kappa shape index (κ2) is 6.09. The lowest BCUT2D eigenvalue weighted by Crippen LogP contribution is -2.39. The van der Waals surface area contributed by atoms with Crippen LogP contribution in [-0.4, -0.2) is 17.1 Å². The molecule has 0 heterocycles. The highest BCUT2D eigenvalue weighted by atomic mass is 16.4. The van der Waals surface area contributed by atoms with Crippen molar-refractivity contribution < 1.29 is 9.90 Å². The normalized spacial score (nSPS) is 24.7. The van der Waals surface area contributed by atoms with Crippen LogP contribution in [0, 0.1) is 18.8 Å². The number of anilines is 1. The first-order valence-electron chi connectivity index (χ1n) is 7.12. The van der Waals surface area contributed by atoms with Crippen LogP contribution in [0.5, 0.6) is 0 Å². The standard InChI is InChI=1S/C16H23NO2/c1-11-5-3-7-13(9-11)15(16(18)19)17-14-8-4-6-12(2)10-14/h4,6,8,10-11,13,15,17H,3,5,7,9H2,1-2H3,(H,18,19). The molecule has 1 aromatic rings. The van der Waals surface area contributed by atoms with E-state index < -0.39 is 12.0 Å². The van der Waals surface area contributed by atoms with Crippen LogP contribution in [0.2, 0.25) is 0 Å². The smallest absolute Gasteiger partial charge is 0.326 e. The largest absolute Gasteiger partial charge is 0.480 e. The SMILES string of the molecule is Cc1cccc(NC(C(=O)O)C2CCCC(C)C2)c1. The van der Waals surface area contributed by atoms with Gasteiger partial charge in [0.05, 0.1) is 0 Å². The number of carbonyl (C=O) groups is 1. The van der Waals surface area contributed by atoms with E-state index in [0.29, 0.717) is 5.92 Å². The molecule has 1 aliphatic rings. The van der Waals surface area contributed by atoms with Gasteiger partial charge in [-0.3, -0.25) is 0 Å². The summed E-state index contributed by atoms with van der Waals surface area (Å²) in [5, 5.41) is 12.7. The monoisotopic (exact) mass is 261 g/mol. The summed E-state index contributed by atoms with van der Waals surface area (Å²) in [5.74, 6) is 0.141. The van der Waals surface area contributed by atoms with Crippen LogP contribution in [-0.2, 0) is 4.79 Å². The molecule has 3 nitrogen and oxygen atoms in total. The minimum absolute atomic E-state index is 0.238. The molecule has 0 aliphatic heterocycles. The van der Waals surface area contributed by atoms with Gasteiger partial charge < -0.3 is 10.4 Å². The highest BCUT2D eigenvalue weighted by Gasteiger charge is 2.31. The Kier molecular flexibility index (Phi) is 4.46. The summed E-state index contributed by atoms with van der Waals surface area (Å²) in [6, 6.07) is 7.45. The van der Waals surface area contributed by atoms with E-state index in [0.717, 1.165) is 30.5 Å². The summed E-state index contributed by atoms with van der Waals surface area (Å²) in [6.07, 6.45) is 4.40. The molecule has 0 bridgehead atoms. The fourth-order valence-corrected chi connectivity index (χ4v) is 3.08. The molecule has 0 amide bonds. The zero-order valence-corrected chi connectivity index (χ0v) is 11.7. The van der Waals surface area contributed by atoms with Gasteiger partial charge in [-0.15, -0.1) is 0 Å². The molecule has 1 saturated carbocycles. The van der Waals surface area contributed by atoms with Gasteiger partial charge in [-0.05, 0) is 49.3 Å². The van der Waals surface area contributed by atoms with Gasteiger partial charge in [0, 0.05) is 5.69 Å². The van der Waals surface area contributed by atoms with Crippen LogP contribution in [0.15, 0.2) is 24.3 Å². The number of carboxylic acids is 1. The molecule has 0 aromatic heterocycles. The Morgan fingerprint density at radius 1 is 1.42 bits per heavy atom. The molecule has 2 rings (SSSR count). The van der Waals surface area contributed by atoms with Crippen molar-refractivity contribution in [2.75, 3.05) is 5.32 Å². The number of nitrogens with one attached hydrogen (secondary N) is 1. The molecular formula is C16H23NO2. The van der Waals surface area contributed by atoms with Crippen LogP contribution in [0.25, 0.3) is 0 Å². The lowest BCUT2D eigenvalue weighted by atomic mass is 9.78. The molecule has 1 aliphatic carbocycles. The van der Waals surface area contributed by atoms with Crippen molar-refractivity contribution in [3.63, 3.8) is 0 Å². The van der Waals surface area contributed by atoms with Crippen LogP contribution >= 0.6 is 0 Å². The van der Waals surface area contributed by atoms with E-state index in [2.05, 4.69) is 12.2 Å². The van der Waals surface area contributed by atoms with Gasteiger partial charge >= 0.3 is 5.97 Å². The van der Waals surface area contributed by atoms with Crippen molar-refractivity contribution in [3.8, 4) is 0 Å². The van der Waals surface area contributed by atoms with E-state index >= 15 is 0 Å². The molecule has 3 unspecified atom stereocenters. The van der Waals surface area contributed by atoms with Gasteiger partial charge in [0.2, 0.25) is 0 Å². The van der Waals surface area contributed by atoms with E-state index in [9.17, 15) is 9.90 Å². The number of aryl methyl sites for hydroxylation is 1. The molecule has 0 radical (unpaired) electrons. The van der Waals surface area contributed by atoms with Crippen molar-refractivity contribution in [1.82, 2.24) is 0 Å². The Bertz CT molecular complexity index is 444. The third-order valence-corrected chi connectivity index (χ3v) is 4.05. The summed E-state index contributed by atoms with van der Waals surface area (Å²) in [5.41, 5.74) is 2.05. The fraction of sp³-hybridized carbons (Fsp3) is 0.562. The molecule has 1 aromatic carbocycles. The van der Waals surface area contributed by atoms with E-state index in [-0.39, 0.29) is 5.92 Å². The fourth-order valence-electron chi connectivity index (χ4n) is 3.08. The molecule has 2 N–H and O–H groups in total. The van der Waals surface area contributed by atoms with Crippen molar-refractivity contribution in [2.45, 2.75) is 45.6 Å². The maximum Gasteiger partial charge on any atom is 0.326 e. The summed E-state index contributed by atoms with van der Waals surface area (Å²) >= 11 is 0. The van der Waals surface area contributed by atoms with Gasteiger partial charge in [-0.1, -0.05) is 31.9 Å². The first-order valence-corrected chi connectivity index (χ1v) is 7.12. The van der Waals surface area contributed by atoms with Crippen LogP contribution in [0.4, 0.5) is 5.69 Å². The predicted octanol–water partition coefficient (Wildman–Crippen LogP) is 3.69. The summed E-state index contributed by atoms with van der Waals surface area (Å²) in [6.45, 7) is 4.24. The maximum absolute atomic E-state index is 11.5. The highest BCUT2D eigenvalue weighted by Crippen LogP contribution is 2.32. The van der Waals surface area contributed by atoms with Crippen molar-refractivity contribution >= 4 is 11.7 Å². The maximum atomic E-state index is 11.5. The third kappa shape index (κ3) is 3.72. The van der Waals surface area contributed by atoms with Crippen LogP contribution in [0.1, 0.15) is 38.2 Å². The molecule has 104 valence electrons. The Balaban J connectivity index is 2.09. The molecular weight excluding hydrogens is 238 g/mol. The summed E-state index contributed by atoms with van der Waals surface area (Å²) in [4.78, 5) is 11.5. The van der Waals surface area contributed by atoms with Gasteiger partial charge in [0.25, 0.3) is 0 Å². The zero-order valence-electron chi connectivity index (χ0n) is 11.7. The average Bonchev–Trinajstić information content (AvgIpc) is 2.35. The van der Waals surface area contributed by atoms with Gasteiger partial charge in [-0.25, -0.2) is 4.79 Å². The Morgan fingerprint density at radius 2 is 2.21 bits per heavy atom. The first kappa shape index (κ1) is 13.9. The molecule has 3 atom stereocenters. The van der Waals surface area contributed by atoms with Crippen LogP contribution < -0.4 is 5.32 Å². The molecule has 0 saturated heterocycles. The number of hydrogen-bond acceptors (Lipinski definition) is 2. The third-order valence-electron chi connectivity index (χ3n) is 4.05. The minimum Gasteiger partial charge on any atom is -0.480 e. The molecule has 0 spiro atoms. The van der Waals surface area contributed by atoms with Crippen LogP contribution in [0.3, 0.4) is 0 Å². The number of hydrogen-bond donors (Lipinski definition) is 2. The summed E-state index contributed by atoms with van der Waals surface area (Å²) < 4.78 is 0. The second-order valence-electron chi connectivity index (χ2n) is 5.86. The lowest BCUT2D eigenvalue weighted by Gasteiger charge is -2.32. The quantitative estimate of drug-likeness (QED) is 0.869. The number of carboxylic acid groups (broad SMARTS) is 1. The van der Waals surface area contributed by atoms with Gasteiger partial charge in [-0.2, -0.15) is 0 Å². The molecule has 19 heavy (non-hydrogen) atoms. The number of rotatable bonds is 4. The van der Waals surface area contributed by atoms with E-state index in [1.165, 1.54) is 6.42 Å². The highest BCUT2D eigenvalue weighted by molar-refractivity contribution is 5.77. The minimum atomic E-state index is -0.736. The topological polar surface area (TPSA) is 49.3 Å². The zero-order chi connectivity index (χ0) is 13.8. The van der Waals surface area contributed by atoms with Crippen molar-refractivity contribution in [2.24, 2.45) is 11.8 Å². The van der Waals surface area contributed by atoms with Crippen molar-refractivity contribution in [1.29, 1.82) is 0 Å². The Morgan fingerprint density at radius 3 is 2.84 bits per heavy atom. The second-order valence-corrected chi connectivity index (χ2v) is 5.86. The summed E-state index contributed by atoms with van der Waals surface area (Å²) in [7, 11) is 0. The number of aliphatic carboxylic acids is 1. The predicted molar refractivity (Wildman–Crippen MR) is 77.3 cm³/mol. The average molecular weight is 261 g/mol. The lowest BCUT2D eigenvalue weighted by molar-refractivity contribution is -0.139. The molecule has 3 heteroatoms. The Labute approximate surface area is 115 Å². The van der Waals surface area contributed by atoms with Gasteiger partial charge in [0.1, 0.15) is 6.04 Å². The van der Waals surface area contributed by atoms with E-state index in [1.54, 1.807) is 0 Å². The molecule has 1 fully saturated rings. The van der Waals surface area contributed by atoms with Gasteiger partial charge in [0.15, 0.2) is 0 Å². The van der Waals surface area contributed by atoms with E-state index in [4.69, 9.17) is 0 Å². The van der Waals surface area contributed by atoms with Crippen molar-refractivity contribution in [3.05, 3.63) is 29.8 Å². The number of benzene rings is 1.